The number of piperidine rings is 1. The monoisotopic (exact) mass is 251 g/mol. The summed E-state index contributed by atoms with van der Waals surface area (Å²) in [5, 5.41) is 8.88. The van der Waals surface area contributed by atoms with Crippen molar-refractivity contribution in [3.8, 4) is 0 Å². The van der Waals surface area contributed by atoms with E-state index in [0.29, 0.717) is 38.8 Å². The van der Waals surface area contributed by atoms with Crippen LogP contribution in [-0.2, 0) is 16.0 Å². The number of hydrogen-bond acceptors (Lipinski definition) is 3. The summed E-state index contributed by atoms with van der Waals surface area (Å²) in [7, 11) is 0. The SMILES string of the molecule is O=C(O)C1CCN(C(=O)CCc2ccco2)CC1. The highest BCUT2D eigenvalue weighted by molar-refractivity contribution is 5.77. The van der Waals surface area contributed by atoms with E-state index in [4.69, 9.17) is 9.52 Å². The van der Waals surface area contributed by atoms with E-state index in [-0.39, 0.29) is 11.8 Å². The van der Waals surface area contributed by atoms with Crippen LogP contribution < -0.4 is 0 Å². The third-order valence-corrected chi connectivity index (χ3v) is 3.36. The van der Waals surface area contributed by atoms with Gasteiger partial charge >= 0.3 is 5.97 Å². The maximum absolute atomic E-state index is 11.9. The number of hydrogen-bond donors (Lipinski definition) is 1. The normalized spacial score (nSPS) is 16.8. The van der Waals surface area contributed by atoms with Crippen LogP contribution in [0.5, 0.6) is 0 Å². The molecule has 1 aliphatic rings. The van der Waals surface area contributed by atoms with Crippen LogP contribution in [0, 0.1) is 5.92 Å². The van der Waals surface area contributed by atoms with Gasteiger partial charge < -0.3 is 14.4 Å². The molecule has 0 spiro atoms. The van der Waals surface area contributed by atoms with Gasteiger partial charge in [-0.2, -0.15) is 0 Å². The van der Waals surface area contributed by atoms with Crippen molar-refractivity contribution in [2.75, 3.05) is 13.1 Å². The number of carboxylic acids is 1. The van der Waals surface area contributed by atoms with Crippen LogP contribution in [0.3, 0.4) is 0 Å². The number of carboxylic acid groups (broad SMARTS) is 1. The van der Waals surface area contributed by atoms with E-state index in [1.54, 1.807) is 17.2 Å². The first-order valence-electron chi connectivity index (χ1n) is 6.20. The second-order valence-electron chi connectivity index (χ2n) is 4.57. The zero-order valence-corrected chi connectivity index (χ0v) is 10.2. The summed E-state index contributed by atoms with van der Waals surface area (Å²) >= 11 is 0. The Kier molecular flexibility index (Phi) is 4.02. The van der Waals surface area contributed by atoms with Crippen LogP contribution in [0.15, 0.2) is 22.8 Å². The third-order valence-electron chi connectivity index (χ3n) is 3.36. The summed E-state index contributed by atoms with van der Waals surface area (Å²) in [6.07, 6.45) is 3.73. The molecule has 1 aromatic rings. The predicted octanol–water partition coefficient (Wildman–Crippen LogP) is 1.54. The topological polar surface area (TPSA) is 70.8 Å². The van der Waals surface area contributed by atoms with Crippen LogP contribution in [-0.4, -0.2) is 35.0 Å². The van der Waals surface area contributed by atoms with Crippen LogP contribution in [0.2, 0.25) is 0 Å². The van der Waals surface area contributed by atoms with E-state index in [1.165, 1.54) is 0 Å². The van der Waals surface area contributed by atoms with Crippen molar-refractivity contribution < 1.29 is 19.1 Å². The fourth-order valence-corrected chi connectivity index (χ4v) is 2.22. The van der Waals surface area contributed by atoms with E-state index in [0.717, 1.165) is 5.76 Å². The van der Waals surface area contributed by atoms with Gasteiger partial charge in [0.15, 0.2) is 0 Å². The summed E-state index contributed by atoms with van der Waals surface area (Å²) < 4.78 is 5.17. The summed E-state index contributed by atoms with van der Waals surface area (Å²) in [5.74, 6) is -0.157. The molecule has 0 radical (unpaired) electrons. The molecule has 0 bridgehead atoms. The van der Waals surface area contributed by atoms with Crippen molar-refractivity contribution in [1.82, 2.24) is 4.90 Å². The summed E-state index contributed by atoms with van der Waals surface area (Å²) in [6, 6.07) is 3.65. The lowest BCUT2D eigenvalue weighted by Crippen LogP contribution is -2.40. The number of aryl methyl sites for hydroxylation is 1. The molecule has 1 aromatic heterocycles. The number of furan rings is 1. The maximum Gasteiger partial charge on any atom is 0.306 e. The average Bonchev–Trinajstić information content (AvgIpc) is 2.89. The van der Waals surface area contributed by atoms with Crippen molar-refractivity contribution in [2.45, 2.75) is 25.7 Å². The van der Waals surface area contributed by atoms with Crippen LogP contribution in [0.4, 0.5) is 0 Å². The number of aliphatic carboxylic acids is 1. The van der Waals surface area contributed by atoms with Gasteiger partial charge in [0, 0.05) is 25.9 Å². The molecule has 0 unspecified atom stereocenters. The molecule has 2 heterocycles. The Hall–Kier alpha value is -1.78. The lowest BCUT2D eigenvalue weighted by molar-refractivity contribution is -0.145. The molecule has 5 nitrogen and oxygen atoms in total. The fraction of sp³-hybridized carbons (Fsp3) is 0.538. The molecule has 1 aliphatic heterocycles. The quantitative estimate of drug-likeness (QED) is 0.881. The summed E-state index contributed by atoms with van der Waals surface area (Å²) in [6.45, 7) is 1.10. The zero-order chi connectivity index (χ0) is 13.0. The lowest BCUT2D eigenvalue weighted by atomic mass is 9.97. The van der Waals surface area contributed by atoms with E-state index < -0.39 is 5.97 Å². The molecule has 0 saturated carbocycles. The third kappa shape index (κ3) is 3.12. The van der Waals surface area contributed by atoms with Crippen LogP contribution in [0.1, 0.15) is 25.0 Å². The maximum atomic E-state index is 11.9. The van der Waals surface area contributed by atoms with Crippen molar-refractivity contribution in [3.63, 3.8) is 0 Å². The highest BCUT2D eigenvalue weighted by Gasteiger charge is 2.26. The Balaban J connectivity index is 1.75. The van der Waals surface area contributed by atoms with Crippen molar-refractivity contribution >= 4 is 11.9 Å². The molecule has 1 amide bonds. The van der Waals surface area contributed by atoms with Gasteiger partial charge in [0.2, 0.25) is 5.91 Å². The van der Waals surface area contributed by atoms with Gasteiger partial charge in [-0.3, -0.25) is 9.59 Å². The summed E-state index contributed by atoms with van der Waals surface area (Å²) in [4.78, 5) is 24.5. The smallest absolute Gasteiger partial charge is 0.306 e. The van der Waals surface area contributed by atoms with Gasteiger partial charge in [0.25, 0.3) is 0 Å². The Bertz CT molecular complexity index is 405. The van der Waals surface area contributed by atoms with E-state index in [2.05, 4.69) is 0 Å². The summed E-state index contributed by atoms with van der Waals surface area (Å²) in [5.41, 5.74) is 0. The zero-order valence-electron chi connectivity index (χ0n) is 10.2. The van der Waals surface area contributed by atoms with E-state index in [1.807, 2.05) is 6.07 Å². The van der Waals surface area contributed by atoms with Crippen LogP contribution >= 0.6 is 0 Å². The molecular formula is C13H17NO4. The molecule has 0 aromatic carbocycles. The van der Waals surface area contributed by atoms with Crippen molar-refractivity contribution in [1.29, 1.82) is 0 Å². The first-order chi connectivity index (χ1) is 8.66. The molecular weight excluding hydrogens is 234 g/mol. The van der Waals surface area contributed by atoms with Crippen LogP contribution in [0.25, 0.3) is 0 Å². The minimum atomic E-state index is -0.752. The fourth-order valence-electron chi connectivity index (χ4n) is 2.22. The van der Waals surface area contributed by atoms with Gasteiger partial charge in [-0.25, -0.2) is 0 Å². The molecule has 1 N–H and O–H groups in total. The number of carbonyl (C=O) groups excluding carboxylic acids is 1. The standard InChI is InChI=1S/C13H17NO4/c15-12(4-3-11-2-1-9-18-11)14-7-5-10(6-8-14)13(16)17/h1-2,9-10H,3-8H2,(H,16,17). The highest BCUT2D eigenvalue weighted by atomic mass is 16.4. The molecule has 5 heteroatoms. The number of amides is 1. The number of nitrogens with zero attached hydrogens (tertiary/aromatic N) is 1. The molecule has 18 heavy (non-hydrogen) atoms. The molecule has 1 fully saturated rings. The minimum absolute atomic E-state index is 0.0789. The molecule has 0 aliphatic carbocycles. The predicted molar refractivity (Wildman–Crippen MR) is 64.0 cm³/mol. The van der Waals surface area contributed by atoms with Gasteiger partial charge in [-0.1, -0.05) is 0 Å². The molecule has 2 rings (SSSR count). The Morgan fingerprint density at radius 3 is 2.67 bits per heavy atom. The lowest BCUT2D eigenvalue weighted by Gasteiger charge is -2.30. The second kappa shape index (κ2) is 5.71. The van der Waals surface area contributed by atoms with Gasteiger partial charge in [-0.05, 0) is 25.0 Å². The average molecular weight is 251 g/mol. The second-order valence-corrected chi connectivity index (χ2v) is 4.57. The molecule has 1 saturated heterocycles. The minimum Gasteiger partial charge on any atom is -0.481 e. The first-order valence-corrected chi connectivity index (χ1v) is 6.20. The highest BCUT2D eigenvalue weighted by Crippen LogP contribution is 2.18. The van der Waals surface area contributed by atoms with E-state index in [9.17, 15) is 9.59 Å². The van der Waals surface area contributed by atoms with E-state index >= 15 is 0 Å². The number of carbonyl (C=O) groups is 2. The van der Waals surface area contributed by atoms with Crippen molar-refractivity contribution in [3.05, 3.63) is 24.2 Å². The van der Waals surface area contributed by atoms with Gasteiger partial charge in [-0.15, -0.1) is 0 Å². The van der Waals surface area contributed by atoms with Gasteiger partial charge in [0.1, 0.15) is 5.76 Å². The molecule has 0 atom stereocenters. The Labute approximate surface area is 105 Å². The number of rotatable bonds is 4. The Morgan fingerprint density at radius 2 is 2.11 bits per heavy atom. The molecule has 98 valence electrons. The first kappa shape index (κ1) is 12.7. The van der Waals surface area contributed by atoms with Crippen molar-refractivity contribution in [2.24, 2.45) is 5.92 Å². The largest absolute Gasteiger partial charge is 0.481 e. The van der Waals surface area contributed by atoms with Gasteiger partial charge in [0.05, 0.1) is 12.2 Å². The number of likely N-dealkylation sites (tertiary alicyclic amines) is 1. The Morgan fingerprint density at radius 1 is 1.39 bits per heavy atom.